The maximum Gasteiger partial charge on any atom is 0.435 e. The highest BCUT2D eigenvalue weighted by Crippen LogP contribution is 2.32. The molecule has 32 heavy (non-hydrogen) atoms. The SMILES string of the molecule is O=C(c1cccnc1-c1ccncc1)N1CCC(F)(Cc2ccc(C(F)(F)F)nn2)CC1. The molecule has 0 unspecified atom stereocenters. The van der Waals surface area contributed by atoms with E-state index in [0.29, 0.717) is 11.3 Å². The quantitative estimate of drug-likeness (QED) is 0.565. The van der Waals surface area contributed by atoms with Gasteiger partial charge in [-0.25, -0.2) is 4.39 Å². The molecule has 1 fully saturated rings. The van der Waals surface area contributed by atoms with Crippen molar-refractivity contribution in [2.24, 2.45) is 0 Å². The number of carbonyl (C=O) groups excluding carboxylic acids is 1. The number of halogens is 4. The number of aromatic nitrogens is 4. The molecule has 4 heterocycles. The van der Waals surface area contributed by atoms with Gasteiger partial charge in [0.2, 0.25) is 0 Å². The second-order valence-corrected chi connectivity index (χ2v) is 7.66. The average Bonchev–Trinajstić information content (AvgIpc) is 2.79. The maximum atomic E-state index is 15.3. The summed E-state index contributed by atoms with van der Waals surface area (Å²) in [5, 5.41) is 6.68. The van der Waals surface area contributed by atoms with Gasteiger partial charge in [0.15, 0.2) is 5.69 Å². The molecule has 0 spiro atoms. The minimum absolute atomic E-state index is 0.0479. The summed E-state index contributed by atoms with van der Waals surface area (Å²) >= 11 is 0. The third-order valence-corrected chi connectivity index (χ3v) is 5.45. The predicted molar refractivity (Wildman–Crippen MR) is 107 cm³/mol. The normalized spacial score (nSPS) is 16.1. The molecule has 1 aliphatic rings. The number of nitrogens with zero attached hydrogens (tertiary/aromatic N) is 5. The Morgan fingerprint density at radius 2 is 1.72 bits per heavy atom. The highest BCUT2D eigenvalue weighted by Gasteiger charge is 2.38. The molecule has 0 bridgehead atoms. The van der Waals surface area contributed by atoms with Crippen molar-refractivity contribution in [3.05, 3.63) is 71.9 Å². The zero-order chi connectivity index (χ0) is 22.8. The number of pyridine rings is 2. The summed E-state index contributed by atoms with van der Waals surface area (Å²) in [5.41, 5.74) is -0.949. The van der Waals surface area contributed by atoms with E-state index in [4.69, 9.17) is 0 Å². The Morgan fingerprint density at radius 3 is 2.34 bits per heavy atom. The first-order valence-electron chi connectivity index (χ1n) is 9.99. The average molecular weight is 445 g/mol. The molecular weight excluding hydrogens is 426 g/mol. The molecule has 1 saturated heterocycles. The molecule has 6 nitrogen and oxygen atoms in total. The van der Waals surface area contributed by atoms with Crippen molar-refractivity contribution in [3.8, 4) is 11.3 Å². The van der Waals surface area contributed by atoms with Crippen molar-refractivity contribution >= 4 is 5.91 Å². The van der Waals surface area contributed by atoms with E-state index in [1.807, 2.05) is 0 Å². The van der Waals surface area contributed by atoms with Crippen LogP contribution in [0.5, 0.6) is 0 Å². The van der Waals surface area contributed by atoms with Crippen molar-refractivity contribution in [2.45, 2.75) is 31.1 Å². The number of likely N-dealkylation sites (tertiary alicyclic amines) is 1. The van der Waals surface area contributed by atoms with E-state index >= 15 is 4.39 Å². The fourth-order valence-electron chi connectivity index (χ4n) is 3.71. The van der Waals surface area contributed by atoms with Gasteiger partial charge in [-0.05, 0) is 49.2 Å². The van der Waals surface area contributed by atoms with Gasteiger partial charge in [0.25, 0.3) is 5.91 Å². The van der Waals surface area contributed by atoms with Crippen LogP contribution in [-0.2, 0) is 12.6 Å². The fourth-order valence-corrected chi connectivity index (χ4v) is 3.71. The molecular formula is C22H19F4N5O. The van der Waals surface area contributed by atoms with E-state index in [0.717, 1.165) is 17.7 Å². The minimum Gasteiger partial charge on any atom is -0.338 e. The lowest BCUT2D eigenvalue weighted by molar-refractivity contribution is -0.141. The third kappa shape index (κ3) is 4.74. The van der Waals surface area contributed by atoms with Gasteiger partial charge in [-0.3, -0.25) is 14.8 Å². The zero-order valence-corrected chi connectivity index (χ0v) is 16.9. The zero-order valence-electron chi connectivity index (χ0n) is 16.9. The number of rotatable bonds is 4. The molecule has 0 N–H and O–H groups in total. The van der Waals surface area contributed by atoms with E-state index in [1.165, 1.54) is 0 Å². The number of amides is 1. The largest absolute Gasteiger partial charge is 0.435 e. The summed E-state index contributed by atoms with van der Waals surface area (Å²) in [6, 6.07) is 8.81. The third-order valence-electron chi connectivity index (χ3n) is 5.45. The van der Waals surface area contributed by atoms with Gasteiger partial charge in [0.1, 0.15) is 5.67 Å². The molecule has 3 aromatic heterocycles. The number of piperidine rings is 1. The second-order valence-electron chi connectivity index (χ2n) is 7.66. The summed E-state index contributed by atoms with van der Waals surface area (Å²) in [4.78, 5) is 23.0. The summed E-state index contributed by atoms with van der Waals surface area (Å²) < 4.78 is 53.2. The Kier molecular flexibility index (Phi) is 5.86. The minimum atomic E-state index is -4.59. The van der Waals surface area contributed by atoms with Crippen molar-refractivity contribution in [2.75, 3.05) is 13.1 Å². The van der Waals surface area contributed by atoms with Crippen LogP contribution < -0.4 is 0 Å². The molecule has 0 radical (unpaired) electrons. The molecule has 4 rings (SSSR count). The number of carbonyl (C=O) groups is 1. The van der Waals surface area contributed by atoms with E-state index < -0.39 is 17.5 Å². The van der Waals surface area contributed by atoms with Crippen LogP contribution in [0.4, 0.5) is 17.6 Å². The summed E-state index contributed by atoms with van der Waals surface area (Å²) in [5.74, 6) is -0.249. The first kappa shape index (κ1) is 21.8. The van der Waals surface area contributed by atoms with E-state index in [2.05, 4.69) is 20.2 Å². The monoisotopic (exact) mass is 445 g/mol. The lowest BCUT2D eigenvalue weighted by Crippen LogP contribution is -2.45. The molecule has 0 aliphatic carbocycles. The van der Waals surface area contributed by atoms with Gasteiger partial charge in [-0.15, -0.1) is 5.10 Å². The first-order valence-corrected chi connectivity index (χ1v) is 9.99. The Labute approximate surface area is 181 Å². The fraction of sp³-hybridized carbons (Fsp3) is 0.318. The molecule has 1 aliphatic heterocycles. The molecule has 166 valence electrons. The molecule has 3 aromatic rings. The Balaban J connectivity index is 1.43. The van der Waals surface area contributed by atoms with Crippen molar-refractivity contribution in [3.63, 3.8) is 0 Å². The van der Waals surface area contributed by atoms with Crippen LogP contribution in [0.3, 0.4) is 0 Å². The van der Waals surface area contributed by atoms with Crippen LogP contribution in [0, 0.1) is 0 Å². The molecule has 0 saturated carbocycles. The van der Waals surface area contributed by atoms with Crippen LogP contribution in [0.1, 0.15) is 34.6 Å². The van der Waals surface area contributed by atoms with E-state index in [1.54, 1.807) is 47.8 Å². The van der Waals surface area contributed by atoms with Gasteiger partial charge in [-0.2, -0.15) is 18.3 Å². The summed E-state index contributed by atoms with van der Waals surface area (Å²) in [6.45, 7) is 0.349. The Bertz CT molecular complexity index is 1080. The summed E-state index contributed by atoms with van der Waals surface area (Å²) in [7, 11) is 0. The Morgan fingerprint density at radius 1 is 1.00 bits per heavy atom. The highest BCUT2D eigenvalue weighted by atomic mass is 19.4. The van der Waals surface area contributed by atoms with Gasteiger partial charge < -0.3 is 4.90 Å². The first-order chi connectivity index (χ1) is 15.3. The number of hydrogen-bond acceptors (Lipinski definition) is 5. The summed E-state index contributed by atoms with van der Waals surface area (Å²) in [6.07, 6.45) is 0.169. The topological polar surface area (TPSA) is 71.9 Å². The van der Waals surface area contributed by atoms with Crippen LogP contribution in [0.25, 0.3) is 11.3 Å². The van der Waals surface area contributed by atoms with Crippen molar-refractivity contribution in [1.29, 1.82) is 0 Å². The molecule has 0 atom stereocenters. The lowest BCUT2D eigenvalue weighted by atomic mass is 9.88. The van der Waals surface area contributed by atoms with E-state index in [9.17, 15) is 18.0 Å². The van der Waals surface area contributed by atoms with Crippen LogP contribution >= 0.6 is 0 Å². The van der Waals surface area contributed by atoms with Crippen LogP contribution in [0.15, 0.2) is 55.0 Å². The van der Waals surface area contributed by atoms with Crippen molar-refractivity contribution in [1.82, 2.24) is 25.1 Å². The smallest absolute Gasteiger partial charge is 0.338 e. The standard InChI is InChI=1S/C22H19F4N5O/c23-21(14-16-3-4-18(30-29-16)22(24,25)26)7-12-31(13-8-21)20(32)17-2-1-9-28-19(17)15-5-10-27-11-6-15/h1-6,9-11H,7-8,12-14H2. The number of alkyl halides is 4. The Hall–Kier alpha value is -3.43. The van der Waals surface area contributed by atoms with Gasteiger partial charge in [-0.1, -0.05) is 0 Å². The van der Waals surface area contributed by atoms with Crippen LogP contribution in [-0.4, -0.2) is 49.7 Å². The van der Waals surface area contributed by atoms with E-state index in [-0.39, 0.29) is 44.0 Å². The molecule has 10 heteroatoms. The molecule has 1 amide bonds. The van der Waals surface area contributed by atoms with Crippen molar-refractivity contribution < 1.29 is 22.4 Å². The number of hydrogen-bond donors (Lipinski definition) is 0. The highest BCUT2D eigenvalue weighted by molar-refractivity contribution is 5.99. The predicted octanol–water partition coefficient (Wildman–Crippen LogP) is 4.14. The molecule has 0 aromatic carbocycles. The van der Waals surface area contributed by atoms with Gasteiger partial charge in [0.05, 0.1) is 17.0 Å². The van der Waals surface area contributed by atoms with Crippen LogP contribution in [0.2, 0.25) is 0 Å². The lowest BCUT2D eigenvalue weighted by Gasteiger charge is -2.36. The van der Waals surface area contributed by atoms with Gasteiger partial charge in [0, 0.05) is 43.7 Å². The maximum absolute atomic E-state index is 15.3. The van der Waals surface area contributed by atoms with Gasteiger partial charge >= 0.3 is 6.18 Å². The second kappa shape index (κ2) is 8.60.